The zero-order valence-electron chi connectivity index (χ0n) is 16.4. The summed E-state index contributed by atoms with van der Waals surface area (Å²) in [5.41, 5.74) is 6.74. The zero-order valence-corrected chi connectivity index (χ0v) is 16.4. The van der Waals surface area contributed by atoms with Crippen molar-refractivity contribution in [3.05, 3.63) is 82.5 Å². The van der Waals surface area contributed by atoms with Crippen molar-refractivity contribution in [3.63, 3.8) is 0 Å². The number of rotatable bonds is 7. The van der Waals surface area contributed by atoms with E-state index in [0.717, 1.165) is 17.6 Å². The molecule has 26 heavy (non-hydrogen) atoms. The van der Waals surface area contributed by atoms with E-state index < -0.39 is 0 Å². The van der Waals surface area contributed by atoms with Crippen molar-refractivity contribution in [2.75, 3.05) is 0 Å². The summed E-state index contributed by atoms with van der Waals surface area (Å²) in [6, 6.07) is 8.27. The van der Waals surface area contributed by atoms with E-state index in [2.05, 4.69) is 63.8 Å². The molecule has 1 aromatic carbocycles. The molecular formula is C24H29NO. The minimum Gasteiger partial charge on any atom is -0.305 e. The van der Waals surface area contributed by atoms with Gasteiger partial charge in [0.05, 0.1) is 0 Å². The van der Waals surface area contributed by atoms with Gasteiger partial charge < -0.3 is 5.41 Å². The van der Waals surface area contributed by atoms with E-state index in [9.17, 15) is 4.79 Å². The smallest absolute Gasteiger partial charge is 0.163 e. The average molecular weight is 348 g/mol. The van der Waals surface area contributed by atoms with Gasteiger partial charge in [-0.15, -0.1) is 0 Å². The maximum absolute atomic E-state index is 12.7. The first kappa shape index (κ1) is 19.8. The van der Waals surface area contributed by atoms with E-state index in [-0.39, 0.29) is 11.7 Å². The Hall–Kier alpha value is -2.48. The molecule has 2 heteroatoms. The largest absolute Gasteiger partial charge is 0.305 e. The van der Waals surface area contributed by atoms with Crippen LogP contribution in [0.5, 0.6) is 0 Å². The highest BCUT2D eigenvalue weighted by Gasteiger charge is 2.18. The molecular weight excluding hydrogens is 318 g/mol. The summed E-state index contributed by atoms with van der Waals surface area (Å²) in [5.74, 6) is 0.101. The van der Waals surface area contributed by atoms with Crippen molar-refractivity contribution >= 4 is 11.5 Å². The molecule has 0 spiro atoms. The van der Waals surface area contributed by atoms with E-state index in [1.165, 1.54) is 16.7 Å². The Morgan fingerprint density at radius 2 is 1.88 bits per heavy atom. The number of allylic oxidation sites excluding steroid dienone is 7. The lowest BCUT2D eigenvalue weighted by atomic mass is 9.86. The molecule has 1 aromatic rings. The summed E-state index contributed by atoms with van der Waals surface area (Å²) in [6.07, 6.45) is 7.86. The highest BCUT2D eigenvalue weighted by atomic mass is 16.1. The topological polar surface area (TPSA) is 40.9 Å². The molecule has 1 aliphatic carbocycles. The normalized spacial score (nSPS) is 17.4. The van der Waals surface area contributed by atoms with Crippen molar-refractivity contribution in [1.82, 2.24) is 0 Å². The fourth-order valence-corrected chi connectivity index (χ4v) is 3.03. The van der Waals surface area contributed by atoms with Crippen LogP contribution >= 0.6 is 0 Å². The number of hydrogen-bond acceptors (Lipinski definition) is 2. The number of carbonyl (C=O) groups excluding carboxylic acids is 1. The minimum absolute atomic E-state index is 0.0398. The number of benzene rings is 1. The Bertz CT molecular complexity index is 803. The van der Waals surface area contributed by atoms with Gasteiger partial charge in [0.1, 0.15) is 0 Å². The zero-order chi connectivity index (χ0) is 19.3. The van der Waals surface area contributed by atoms with E-state index in [4.69, 9.17) is 5.41 Å². The number of nitrogens with one attached hydrogen (secondary N) is 1. The average Bonchev–Trinajstić information content (AvgIpc) is 2.60. The van der Waals surface area contributed by atoms with Crippen LogP contribution in [0.25, 0.3) is 0 Å². The van der Waals surface area contributed by atoms with Crippen molar-refractivity contribution in [1.29, 1.82) is 5.41 Å². The van der Waals surface area contributed by atoms with Gasteiger partial charge in [0.15, 0.2) is 5.78 Å². The van der Waals surface area contributed by atoms with E-state index in [1.807, 2.05) is 6.92 Å². The third kappa shape index (κ3) is 5.26. The van der Waals surface area contributed by atoms with E-state index >= 15 is 0 Å². The molecule has 1 aliphatic rings. The summed E-state index contributed by atoms with van der Waals surface area (Å²) in [7, 11) is 0. The second kappa shape index (κ2) is 8.75. The summed E-state index contributed by atoms with van der Waals surface area (Å²) < 4.78 is 0. The van der Waals surface area contributed by atoms with Gasteiger partial charge in [-0.3, -0.25) is 4.79 Å². The quantitative estimate of drug-likeness (QED) is 0.370. The van der Waals surface area contributed by atoms with Gasteiger partial charge in [-0.05, 0) is 57.7 Å². The number of carbonyl (C=O) groups is 1. The van der Waals surface area contributed by atoms with Crippen LogP contribution in [0.2, 0.25) is 0 Å². The van der Waals surface area contributed by atoms with Crippen molar-refractivity contribution < 1.29 is 4.79 Å². The predicted molar refractivity (Wildman–Crippen MR) is 111 cm³/mol. The van der Waals surface area contributed by atoms with Crippen molar-refractivity contribution in [2.45, 2.75) is 47.0 Å². The third-order valence-corrected chi connectivity index (χ3v) is 5.00. The fourth-order valence-electron chi connectivity index (χ4n) is 3.03. The minimum atomic E-state index is 0.0398. The van der Waals surface area contributed by atoms with Crippen LogP contribution in [-0.4, -0.2) is 11.5 Å². The standard InChI is InChI=1S/C24H29NO/c1-16(2)22(15-23(25)21-12-8-18(4)19(5)14-21)24(26)13-11-20-9-6-17(3)7-10-20/h6-10,12,15,21,25H,1,11,13-14H2,2-5H3/b22-15+,25-23?. The summed E-state index contributed by atoms with van der Waals surface area (Å²) >= 11 is 0. The SMILES string of the molecule is C=C(C)/C(=C\C(=N)C1C=CC(C)=C(C)C1)C(=O)CCc1ccc(C)cc1. The Labute approximate surface area is 157 Å². The molecule has 0 saturated heterocycles. The van der Waals surface area contributed by atoms with Gasteiger partial charge in [-0.1, -0.05) is 59.7 Å². The second-order valence-corrected chi connectivity index (χ2v) is 7.34. The Morgan fingerprint density at radius 3 is 2.46 bits per heavy atom. The van der Waals surface area contributed by atoms with Crippen LogP contribution in [-0.2, 0) is 11.2 Å². The lowest BCUT2D eigenvalue weighted by Crippen LogP contribution is -2.15. The Morgan fingerprint density at radius 1 is 1.23 bits per heavy atom. The van der Waals surface area contributed by atoms with Crippen LogP contribution < -0.4 is 0 Å². The van der Waals surface area contributed by atoms with E-state index in [0.29, 0.717) is 24.1 Å². The highest BCUT2D eigenvalue weighted by Crippen LogP contribution is 2.25. The molecule has 0 aliphatic heterocycles. The second-order valence-electron chi connectivity index (χ2n) is 7.34. The molecule has 0 heterocycles. The van der Waals surface area contributed by atoms with Crippen LogP contribution in [0.4, 0.5) is 0 Å². The van der Waals surface area contributed by atoms with Crippen molar-refractivity contribution in [2.24, 2.45) is 5.92 Å². The first-order valence-corrected chi connectivity index (χ1v) is 9.17. The Kier molecular flexibility index (Phi) is 6.68. The molecule has 2 nitrogen and oxygen atoms in total. The predicted octanol–water partition coefficient (Wildman–Crippen LogP) is 5.93. The molecule has 0 bridgehead atoms. The van der Waals surface area contributed by atoms with Crippen LogP contribution in [0.3, 0.4) is 0 Å². The van der Waals surface area contributed by atoms with Crippen LogP contribution in [0, 0.1) is 18.3 Å². The molecule has 0 radical (unpaired) electrons. The van der Waals surface area contributed by atoms with Gasteiger partial charge in [-0.25, -0.2) is 0 Å². The maximum Gasteiger partial charge on any atom is 0.163 e. The van der Waals surface area contributed by atoms with Crippen molar-refractivity contribution in [3.8, 4) is 0 Å². The molecule has 2 rings (SSSR count). The molecule has 0 amide bonds. The van der Waals surface area contributed by atoms with Crippen LogP contribution in [0.15, 0.2) is 71.4 Å². The first-order chi connectivity index (χ1) is 12.3. The van der Waals surface area contributed by atoms with Gasteiger partial charge in [0.2, 0.25) is 0 Å². The van der Waals surface area contributed by atoms with Crippen LogP contribution in [0.1, 0.15) is 44.7 Å². The molecule has 1 N–H and O–H groups in total. The lowest BCUT2D eigenvalue weighted by Gasteiger charge is -2.19. The monoisotopic (exact) mass is 347 g/mol. The molecule has 0 aromatic heterocycles. The first-order valence-electron chi connectivity index (χ1n) is 9.17. The molecule has 0 saturated carbocycles. The summed E-state index contributed by atoms with van der Waals surface area (Å²) in [4.78, 5) is 12.7. The number of ketones is 1. The summed E-state index contributed by atoms with van der Waals surface area (Å²) in [6.45, 7) is 12.1. The number of hydrogen-bond donors (Lipinski definition) is 1. The van der Waals surface area contributed by atoms with Gasteiger partial charge in [0, 0.05) is 23.6 Å². The van der Waals surface area contributed by atoms with Gasteiger partial charge in [0.25, 0.3) is 0 Å². The fraction of sp³-hybridized carbons (Fsp3) is 0.333. The van der Waals surface area contributed by atoms with Gasteiger partial charge in [-0.2, -0.15) is 0 Å². The highest BCUT2D eigenvalue weighted by molar-refractivity contribution is 6.07. The molecule has 0 fully saturated rings. The van der Waals surface area contributed by atoms with Gasteiger partial charge >= 0.3 is 0 Å². The third-order valence-electron chi connectivity index (χ3n) is 5.00. The molecule has 136 valence electrons. The van der Waals surface area contributed by atoms with E-state index in [1.54, 1.807) is 6.08 Å². The maximum atomic E-state index is 12.7. The Balaban J connectivity index is 2.07. The number of Topliss-reactive ketones (excluding diaryl/α,β-unsaturated/α-hetero) is 1. The summed E-state index contributed by atoms with van der Waals surface area (Å²) in [5, 5.41) is 8.43. The lowest BCUT2D eigenvalue weighted by molar-refractivity contribution is -0.115. The molecule has 1 unspecified atom stereocenters. The molecule has 1 atom stereocenters. The number of aryl methyl sites for hydroxylation is 2.